The van der Waals surface area contributed by atoms with Crippen molar-refractivity contribution >= 4 is 29.7 Å². The van der Waals surface area contributed by atoms with E-state index in [1.54, 1.807) is 27.9 Å². The van der Waals surface area contributed by atoms with Crippen LogP contribution in [0.1, 0.15) is 42.5 Å². The van der Waals surface area contributed by atoms with E-state index in [4.69, 9.17) is 9.90 Å². The van der Waals surface area contributed by atoms with Crippen LogP contribution < -0.4 is 15.5 Å². The van der Waals surface area contributed by atoms with Crippen molar-refractivity contribution in [1.29, 1.82) is 0 Å². The molecule has 2 aliphatic rings. The molecule has 0 radical (unpaired) electrons. The van der Waals surface area contributed by atoms with E-state index in [0.29, 0.717) is 30.0 Å². The summed E-state index contributed by atoms with van der Waals surface area (Å²) in [6.07, 6.45) is 8.07. The lowest BCUT2D eigenvalue weighted by atomic mass is 9.84. The second kappa shape index (κ2) is 9.53. The molecular formula is C23H27FN6O3. The van der Waals surface area contributed by atoms with Crippen molar-refractivity contribution in [3.63, 3.8) is 0 Å². The molecule has 2 aliphatic heterocycles. The van der Waals surface area contributed by atoms with Crippen molar-refractivity contribution < 1.29 is 19.1 Å². The average Bonchev–Trinajstić information content (AvgIpc) is 3.37. The third kappa shape index (κ3) is 4.65. The molecule has 5 heterocycles. The Hall–Kier alpha value is -3.53. The van der Waals surface area contributed by atoms with Gasteiger partial charge in [-0.1, -0.05) is 0 Å². The van der Waals surface area contributed by atoms with Gasteiger partial charge in [0.2, 0.25) is 0 Å². The number of aromatic nitrogens is 3. The minimum Gasteiger partial charge on any atom is -0.483 e. The van der Waals surface area contributed by atoms with Gasteiger partial charge in [-0.3, -0.25) is 9.69 Å². The average molecular weight is 455 g/mol. The lowest BCUT2D eigenvalue weighted by molar-refractivity contribution is -0.122. The van der Waals surface area contributed by atoms with E-state index in [2.05, 4.69) is 33.6 Å². The second-order valence-corrected chi connectivity index (χ2v) is 8.40. The van der Waals surface area contributed by atoms with Crippen molar-refractivity contribution in [1.82, 2.24) is 19.7 Å². The number of carbonyl (C=O) groups is 2. The summed E-state index contributed by atoms with van der Waals surface area (Å²) in [5.41, 5.74) is 3.87. The van der Waals surface area contributed by atoms with Crippen molar-refractivity contribution in [3.8, 4) is 0 Å². The maximum Gasteiger partial charge on any atom is 0.327 e. The van der Waals surface area contributed by atoms with E-state index < -0.39 is 5.82 Å². The van der Waals surface area contributed by atoms with Crippen molar-refractivity contribution in [3.05, 3.63) is 53.4 Å². The molecule has 0 bridgehead atoms. The van der Waals surface area contributed by atoms with Gasteiger partial charge in [-0.2, -0.15) is 0 Å². The summed E-state index contributed by atoms with van der Waals surface area (Å²) in [7, 11) is 0. The lowest BCUT2D eigenvalue weighted by Gasteiger charge is -2.29. The first-order chi connectivity index (χ1) is 15.9. The Kier molecular flexibility index (Phi) is 6.55. The molecule has 174 valence electrons. The van der Waals surface area contributed by atoms with Gasteiger partial charge < -0.3 is 20.1 Å². The minimum absolute atomic E-state index is 0.127. The van der Waals surface area contributed by atoms with Crippen LogP contribution in [0.25, 0.3) is 5.65 Å². The Morgan fingerprint density at radius 3 is 2.94 bits per heavy atom. The van der Waals surface area contributed by atoms with Crippen LogP contribution in [-0.2, 0) is 11.2 Å². The zero-order valence-electron chi connectivity index (χ0n) is 18.6. The predicted molar refractivity (Wildman–Crippen MR) is 122 cm³/mol. The molecule has 0 aliphatic carbocycles. The van der Waals surface area contributed by atoms with Gasteiger partial charge in [-0.05, 0) is 57.2 Å². The summed E-state index contributed by atoms with van der Waals surface area (Å²) in [5.74, 6) is 0.660. The van der Waals surface area contributed by atoms with E-state index in [0.717, 1.165) is 37.1 Å². The number of aryl methyl sites for hydroxylation is 1. The minimum atomic E-state index is -0.508. The highest BCUT2D eigenvalue weighted by Gasteiger charge is 2.31. The van der Waals surface area contributed by atoms with Gasteiger partial charge in [-0.25, -0.2) is 19.2 Å². The van der Waals surface area contributed by atoms with Crippen molar-refractivity contribution in [2.24, 2.45) is 0 Å². The van der Waals surface area contributed by atoms with Crippen LogP contribution in [0.4, 0.5) is 20.7 Å². The summed E-state index contributed by atoms with van der Waals surface area (Å²) in [6, 6.07) is 3.54. The highest BCUT2D eigenvalue weighted by atomic mass is 19.1. The fraction of sp³-hybridized carbons (Fsp3) is 0.391. The van der Waals surface area contributed by atoms with E-state index in [9.17, 15) is 9.18 Å². The number of carboxylic acid groups (broad SMARTS) is 1. The van der Waals surface area contributed by atoms with Gasteiger partial charge in [0.05, 0.1) is 11.4 Å². The summed E-state index contributed by atoms with van der Waals surface area (Å²) in [4.78, 5) is 31.7. The predicted octanol–water partition coefficient (Wildman–Crippen LogP) is 3.33. The summed E-state index contributed by atoms with van der Waals surface area (Å²) in [6.45, 7) is 5.35. The molecular weight excluding hydrogens is 427 g/mol. The number of imidazole rings is 1. The number of piperidine rings is 1. The topological polar surface area (TPSA) is 112 Å². The monoisotopic (exact) mass is 454 g/mol. The lowest BCUT2D eigenvalue weighted by Crippen LogP contribution is -2.35. The first kappa shape index (κ1) is 22.7. The first-order valence-electron chi connectivity index (χ1n) is 10.9. The molecule has 9 nitrogen and oxygen atoms in total. The zero-order valence-corrected chi connectivity index (χ0v) is 18.6. The van der Waals surface area contributed by atoms with Crippen LogP contribution in [0.3, 0.4) is 0 Å². The van der Waals surface area contributed by atoms with Gasteiger partial charge in [0.25, 0.3) is 6.47 Å². The molecule has 3 aromatic heterocycles. The quantitative estimate of drug-likeness (QED) is 0.512. The number of nitrogens with zero attached hydrogens (tertiary/aromatic N) is 4. The number of nitrogens with one attached hydrogen (secondary N) is 2. The molecule has 5 rings (SSSR count). The molecule has 2 amide bonds. The number of pyridine rings is 2. The van der Waals surface area contributed by atoms with E-state index in [1.807, 2.05) is 6.92 Å². The van der Waals surface area contributed by atoms with Crippen LogP contribution >= 0.6 is 0 Å². The number of amides is 2. The SMILES string of the molecule is Cc1cn2cc(NC(=O)N3CCc4c(C5CCN[C@@H](C)C5)ccnc43)c(F)cc2n1.O=CO. The molecule has 10 heteroatoms. The molecule has 3 aromatic rings. The van der Waals surface area contributed by atoms with Gasteiger partial charge in [0, 0.05) is 42.8 Å². The molecule has 0 spiro atoms. The maximum absolute atomic E-state index is 14.5. The number of anilines is 2. The summed E-state index contributed by atoms with van der Waals surface area (Å²) < 4.78 is 16.2. The number of rotatable bonds is 2. The second-order valence-electron chi connectivity index (χ2n) is 8.40. The molecule has 2 atom stereocenters. The Morgan fingerprint density at radius 1 is 1.39 bits per heavy atom. The number of hydrogen-bond acceptors (Lipinski definition) is 5. The number of hydrogen-bond donors (Lipinski definition) is 3. The normalized spacial score (nSPS) is 19.5. The molecule has 1 unspecified atom stereocenters. The fourth-order valence-electron chi connectivity index (χ4n) is 4.72. The molecule has 1 saturated heterocycles. The number of halogens is 1. The Balaban J connectivity index is 0.000000821. The zero-order chi connectivity index (χ0) is 23.5. The first-order valence-corrected chi connectivity index (χ1v) is 10.9. The van der Waals surface area contributed by atoms with Crippen LogP contribution in [0, 0.1) is 12.7 Å². The van der Waals surface area contributed by atoms with Gasteiger partial charge in [-0.15, -0.1) is 0 Å². The molecule has 3 N–H and O–H groups in total. The molecule has 1 fully saturated rings. The van der Waals surface area contributed by atoms with Crippen LogP contribution in [-0.4, -0.2) is 51.1 Å². The van der Waals surface area contributed by atoms with Gasteiger partial charge in [0.15, 0.2) is 5.82 Å². The largest absolute Gasteiger partial charge is 0.483 e. The van der Waals surface area contributed by atoms with Crippen LogP contribution in [0.2, 0.25) is 0 Å². The maximum atomic E-state index is 14.5. The molecule has 33 heavy (non-hydrogen) atoms. The van der Waals surface area contributed by atoms with Crippen LogP contribution in [0.15, 0.2) is 30.7 Å². The highest BCUT2D eigenvalue weighted by molar-refractivity contribution is 6.02. The third-order valence-electron chi connectivity index (χ3n) is 6.12. The Labute approximate surface area is 190 Å². The standard InChI is InChI=1S/C22H25FN6O.CH2O2/c1-13-9-15(3-6-24-13)16-4-7-25-21-17(16)5-8-29(21)22(30)27-19-12-28-11-14(2)26-20(28)10-18(19)23;2-1-3/h4,7,10-13,15,24H,3,5-6,8-9H2,1-2H3,(H,27,30);1H,(H,2,3)/t13-,15?;/m0./s1. The smallest absolute Gasteiger partial charge is 0.327 e. The molecule has 0 aromatic carbocycles. The summed E-state index contributed by atoms with van der Waals surface area (Å²) in [5, 5.41) is 13.1. The summed E-state index contributed by atoms with van der Waals surface area (Å²) >= 11 is 0. The number of fused-ring (bicyclic) bond motifs is 2. The highest BCUT2D eigenvalue weighted by Crippen LogP contribution is 2.37. The van der Waals surface area contributed by atoms with E-state index >= 15 is 0 Å². The Morgan fingerprint density at radius 2 is 2.18 bits per heavy atom. The van der Waals surface area contributed by atoms with E-state index in [-0.39, 0.29) is 18.2 Å². The van der Waals surface area contributed by atoms with Gasteiger partial charge in [0.1, 0.15) is 11.5 Å². The third-order valence-corrected chi connectivity index (χ3v) is 6.12. The number of urea groups is 1. The van der Waals surface area contributed by atoms with Gasteiger partial charge >= 0.3 is 6.03 Å². The van der Waals surface area contributed by atoms with Crippen molar-refractivity contribution in [2.75, 3.05) is 23.3 Å². The van der Waals surface area contributed by atoms with E-state index in [1.165, 1.54) is 11.6 Å². The molecule has 0 saturated carbocycles. The van der Waals surface area contributed by atoms with Crippen LogP contribution in [0.5, 0.6) is 0 Å². The number of carbonyl (C=O) groups excluding carboxylic acids is 1. The fourth-order valence-corrected chi connectivity index (χ4v) is 4.72. The Bertz CT molecular complexity index is 1180. The van der Waals surface area contributed by atoms with Crippen molar-refractivity contribution in [2.45, 2.75) is 45.1 Å².